The van der Waals surface area contributed by atoms with E-state index in [1.54, 1.807) is 18.3 Å². The van der Waals surface area contributed by atoms with Crippen molar-refractivity contribution in [2.45, 2.75) is 39.5 Å². The van der Waals surface area contributed by atoms with Crippen molar-refractivity contribution in [1.29, 1.82) is 0 Å². The van der Waals surface area contributed by atoms with Crippen LogP contribution in [0.25, 0.3) is 0 Å². The van der Waals surface area contributed by atoms with Crippen molar-refractivity contribution >= 4 is 27.3 Å². The van der Waals surface area contributed by atoms with E-state index in [2.05, 4.69) is 51.7 Å². The number of rotatable bonds is 10. The van der Waals surface area contributed by atoms with Gasteiger partial charge in [-0.05, 0) is 31.7 Å². The minimum Gasteiger partial charge on any atom is -0.357 e. The van der Waals surface area contributed by atoms with Crippen LogP contribution in [0, 0.1) is 0 Å². The third kappa shape index (κ3) is 7.63. The number of thiophene rings is 1. The summed E-state index contributed by atoms with van der Waals surface area (Å²) in [5.74, 6) is 0.878. The second kappa shape index (κ2) is 10.0. The Hall–Kier alpha value is -1.12. The van der Waals surface area contributed by atoms with Crippen LogP contribution in [-0.2, 0) is 15.4 Å². The standard InChI is InChI=1S/C16H30N4O2S2/c1-5-17-15(18-10-8-11-20-24(21,22)6-2)19-13-16(3,4)14-9-7-12-23-14/h7,9,12,20H,5-6,8,10-11,13H2,1-4H3,(H2,17,18,19). The summed E-state index contributed by atoms with van der Waals surface area (Å²) in [7, 11) is -3.11. The highest BCUT2D eigenvalue weighted by Gasteiger charge is 2.21. The van der Waals surface area contributed by atoms with Crippen LogP contribution in [0.1, 0.15) is 39.0 Å². The molecule has 0 saturated carbocycles. The second-order valence-corrected chi connectivity index (χ2v) is 9.18. The van der Waals surface area contributed by atoms with E-state index in [0.29, 0.717) is 26.1 Å². The van der Waals surface area contributed by atoms with Crippen molar-refractivity contribution in [3.63, 3.8) is 0 Å². The van der Waals surface area contributed by atoms with E-state index in [-0.39, 0.29) is 11.2 Å². The fraction of sp³-hybridized carbons (Fsp3) is 0.688. The highest BCUT2D eigenvalue weighted by molar-refractivity contribution is 7.89. The van der Waals surface area contributed by atoms with Crippen molar-refractivity contribution in [3.05, 3.63) is 22.4 Å². The first kappa shape index (κ1) is 20.9. The van der Waals surface area contributed by atoms with E-state index in [1.165, 1.54) is 4.88 Å². The minimum absolute atomic E-state index is 0.00667. The Morgan fingerprint density at radius 1 is 1.25 bits per heavy atom. The van der Waals surface area contributed by atoms with Gasteiger partial charge in [-0.25, -0.2) is 13.1 Å². The average molecular weight is 375 g/mol. The Morgan fingerprint density at radius 3 is 2.58 bits per heavy atom. The lowest BCUT2D eigenvalue weighted by Crippen LogP contribution is -2.39. The van der Waals surface area contributed by atoms with Crippen LogP contribution in [0.3, 0.4) is 0 Å². The molecule has 1 heterocycles. The predicted molar refractivity (Wildman–Crippen MR) is 103 cm³/mol. The second-order valence-electron chi connectivity index (χ2n) is 6.13. The summed E-state index contributed by atoms with van der Waals surface area (Å²) in [5.41, 5.74) is -0.00667. The Balaban J connectivity index is 2.45. The topological polar surface area (TPSA) is 82.6 Å². The van der Waals surface area contributed by atoms with Gasteiger partial charge in [0.1, 0.15) is 0 Å². The Labute approximate surface area is 150 Å². The number of aliphatic imine (C=N–C) groups is 1. The number of sulfonamides is 1. The first-order valence-electron chi connectivity index (χ1n) is 8.34. The molecule has 0 aliphatic carbocycles. The zero-order chi connectivity index (χ0) is 18.1. The van der Waals surface area contributed by atoms with Gasteiger partial charge in [0.2, 0.25) is 10.0 Å². The minimum atomic E-state index is -3.11. The molecule has 1 aromatic rings. The van der Waals surface area contributed by atoms with Crippen molar-refractivity contribution in [2.24, 2.45) is 4.99 Å². The molecule has 6 nitrogen and oxygen atoms in total. The number of nitrogens with one attached hydrogen (secondary N) is 3. The van der Waals surface area contributed by atoms with Crippen LogP contribution in [-0.4, -0.2) is 46.3 Å². The molecular formula is C16H30N4O2S2. The molecular weight excluding hydrogens is 344 g/mol. The maximum Gasteiger partial charge on any atom is 0.211 e. The maximum absolute atomic E-state index is 11.4. The molecule has 0 bridgehead atoms. The largest absolute Gasteiger partial charge is 0.357 e. The van der Waals surface area contributed by atoms with Gasteiger partial charge < -0.3 is 10.6 Å². The molecule has 0 saturated heterocycles. The third-order valence-electron chi connectivity index (χ3n) is 3.51. The predicted octanol–water partition coefficient (Wildman–Crippen LogP) is 1.91. The summed E-state index contributed by atoms with van der Waals surface area (Å²) >= 11 is 1.75. The highest BCUT2D eigenvalue weighted by Crippen LogP contribution is 2.27. The number of nitrogens with zero attached hydrogens (tertiary/aromatic N) is 1. The quantitative estimate of drug-likeness (QED) is 0.332. The Morgan fingerprint density at radius 2 is 2.00 bits per heavy atom. The summed E-state index contributed by atoms with van der Waals surface area (Å²) in [6, 6.07) is 4.20. The van der Waals surface area contributed by atoms with E-state index >= 15 is 0 Å². The van der Waals surface area contributed by atoms with Gasteiger partial charge in [0, 0.05) is 29.9 Å². The summed E-state index contributed by atoms with van der Waals surface area (Å²) in [6.45, 7) is 10.6. The molecule has 1 aromatic heterocycles. The van der Waals surface area contributed by atoms with Gasteiger partial charge in [-0.2, -0.15) is 0 Å². The van der Waals surface area contributed by atoms with Crippen LogP contribution in [0.4, 0.5) is 0 Å². The molecule has 0 fully saturated rings. The van der Waals surface area contributed by atoms with E-state index in [1.807, 2.05) is 6.92 Å². The molecule has 8 heteroatoms. The lowest BCUT2D eigenvalue weighted by molar-refractivity contribution is 0.548. The molecule has 0 aliphatic rings. The van der Waals surface area contributed by atoms with Gasteiger partial charge in [-0.15, -0.1) is 11.3 Å². The molecule has 1 rings (SSSR count). The first-order chi connectivity index (χ1) is 11.3. The molecule has 138 valence electrons. The smallest absolute Gasteiger partial charge is 0.211 e. The highest BCUT2D eigenvalue weighted by atomic mass is 32.2. The fourth-order valence-electron chi connectivity index (χ4n) is 1.98. The monoisotopic (exact) mass is 374 g/mol. The van der Waals surface area contributed by atoms with Crippen molar-refractivity contribution < 1.29 is 8.42 Å². The molecule has 3 N–H and O–H groups in total. The van der Waals surface area contributed by atoms with E-state index in [0.717, 1.165) is 12.5 Å². The van der Waals surface area contributed by atoms with Gasteiger partial charge in [0.05, 0.1) is 12.3 Å². The van der Waals surface area contributed by atoms with Crippen LogP contribution in [0.15, 0.2) is 22.5 Å². The maximum atomic E-state index is 11.4. The Bertz CT molecular complexity index is 596. The van der Waals surface area contributed by atoms with Gasteiger partial charge in [0.25, 0.3) is 0 Å². The number of hydrogen-bond acceptors (Lipinski definition) is 4. The van der Waals surface area contributed by atoms with Crippen molar-refractivity contribution in [1.82, 2.24) is 15.4 Å². The zero-order valence-electron chi connectivity index (χ0n) is 15.1. The van der Waals surface area contributed by atoms with Gasteiger partial charge in [0.15, 0.2) is 5.96 Å². The molecule has 0 atom stereocenters. The van der Waals surface area contributed by atoms with Gasteiger partial charge in [-0.3, -0.25) is 4.99 Å². The number of guanidine groups is 1. The average Bonchev–Trinajstić information content (AvgIpc) is 3.07. The lowest BCUT2D eigenvalue weighted by atomic mass is 9.92. The molecule has 0 aliphatic heterocycles. The lowest BCUT2D eigenvalue weighted by Gasteiger charge is -2.21. The van der Waals surface area contributed by atoms with Gasteiger partial charge >= 0.3 is 0 Å². The molecule has 24 heavy (non-hydrogen) atoms. The number of hydrogen-bond donors (Lipinski definition) is 3. The van der Waals surface area contributed by atoms with Crippen molar-refractivity contribution in [3.8, 4) is 0 Å². The van der Waals surface area contributed by atoms with Crippen LogP contribution in [0.5, 0.6) is 0 Å². The van der Waals surface area contributed by atoms with Crippen LogP contribution >= 0.6 is 11.3 Å². The fourth-order valence-corrected chi connectivity index (χ4v) is 3.49. The first-order valence-corrected chi connectivity index (χ1v) is 10.9. The molecule has 0 radical (unpaired) electrons. The molecule has 0 unspecified atom stereocenters. The van der Waals surface area contributed by atoms with Crippen LogP contribution in [0.2, 0.25) is 0 Å². The SMILES string of the molecule is CCNC(=NCC(C)(C)c1cccs1)NCCCNS(=O)(=O)CC. The molecule has 0 aromatic carbocycles. The normalized spacial score (nSPS) is 13.1. The summed E-state index contributed by atoms with van der Waals surface area (Å²) in [6.07, 6.45) is 0.706. The molecule has 0 amide bonds. The van der Waals surface area contributed by atoms with Crippen molar-refractivity contribution in [2.75, 3.05) is 31.9 Å². The van der Waals surface area contributed by atoms with E-state index in [4.69, 9.17) is 0 Å². The zero-order valence-corrected chi connectivity index (χ0v) is 16.7. The van der Waals surface area contributed by atoms with E-state index in [9.17, 15) is 8.42 Å². The summed E-state index contributed by atoms with van der Waals surface area (Å²) in [4.78, 5) is 5.98. The summed E-state index contributed by atoms with van der Waals surface area (Å²) in [5, 5.41) is 8.56. The summed E-state index contributed by atoms with van der Waals surface area (Å²) < 4.78 is 25.3. The molecule has 0 spiro atoms. The van der Waals surface area contributed by atoms with E-state index < -0.39 is 10.0 Å². The Kier molecular flexibility index (Phi) is 8.72. The van der Waals surface area contributed by atoms with Crippen LogP contribution < -0.4 is 15.4 Å². The van der Waals surface area contributed by atoms with Gasteiger partial charge in [-0.1, -0.05) is 19.9 Å². The third-order valence-corrected chi connectivity index (χ3v) is 6.15.